The molecule has 0 aromatic carbocycles. The van der Waals surface area contributed by atoms with Gasteiger partial charge in [0.15, 0.2) is 0 Å². The van der Waals surface area contributed by atoms with Gasteiger partial charge >= 0.3 is 0 Å². The van der Waals surface area contributed by atoms with Crippen molar-refractivity contribution < 1.29 is 0 Å². The maximum Gasteiger partial charge on any atom is -0.0144 e. The van der Waals surface area contributed by atoms with Crippen LogP contribution in [0.4, 0.5) is 0 Å². The molecule has 3 saturated carbocycles. The second-order valence-electron chi connectivity index (χ2n) is 7.05. The molecule has 0 aromatic heterocycles. The van der Waals surface area contributed by atoms with Crippen LogP contribution in [-0.4, -0.2) is 0 Å². The van der Waals surface area contributed by atoms with Crippen molar-refractivity contribution in [2.24, 2.45) is 39.9 Å². The summed E-state index contributed by atoms with van der Waals surface area (Å²) in [5.74, 6) is 3.64. The molecular formula is C15H24. The van der Waals surface area contributed by atoms with Crippen molar-refractivity contribution in [3.8, 4) is 0 Å². The van der Waals surface area contributed by atoms with Crippen LogP contribution in [0, 0.1) is 39.9 Å². The molecule has 0 radical (unpaired) electrons. The van der Waals surface area contributed by atoms with E-state index in [1.165, 1.54) is 6.42 Å². The monoisotopic (exact) mass is 204 g/mol. The van der Waals surface area contributed by atoms with Gasteiger partial charge in [-0.2, -0.15) is 0 Å². The Morgan fingerprint density at radius 2 is 1.93 bits per heavy atom. The van der Waals surface area contributed by atoms with Crippen LogP contribution >= 0.6 is 0 Å². The SMILES string of the molecule is C=CC(C)C1(C)CC2(C)C3C(C)C32C1C. The Morgan fingerprint density at radius 3 is 2.33 bits per heavy atom. The molecule has 0 nitrogen and oxygen atoms in total. The Kier molecular flexibility index (Phi) is 1.47. The van der Waals surface area contributed by atoms with Crippen molar-refractivity contribution in [3.05, 3.63) is 12.7 Å². The standard InChI is InChI=1S/C15H24/c1-7-9(2)13(5)8-14(6)12-10(3)15(12,14)11(13)4/h7,9-12H,1,8H2,2-6H3. The maximum absolute atomic E-state index is 4.00. The Bertz CT molecular complexity index is 344. The van der Waals surface area contributed by atoms with E-state index in [0.29, 0.717) is 16.7 Å². The number of allylic oxidation sites excluding steroid dienone is 1. The quantitative estimate of drug-likeness (QED) is 0.593. The van der Waals surface area contributed by atoms with Gasteiger partial charge in [-0.1, -0.05) is 40.7 Å². The van der Waals surface area contributed by atoms with Gasteiger partial charge in [-0.3, -0.25) is 0 Å². The molecule has 15 heavy (non-hydrogen) atoms. The van der Waals surface area contributed by atoms with Crippen molar-refractivity contribution in [3.63, 3.8) is 0 Å². The van der Waals surface area contributed by atoms with E-state index in [-0.39, 0.29) is 0 Å². The van der Waals surface area contributed by atoms with Crippen molar-refractivity contribution in [1.82, 2.24) is 0 Å². The largest absolute Gasteiger partial charge is 0.103 e. The highest BCUT2D eigenvalue weighted by atomic mass is 15.0. The van der Waals surface area contributed by atoms with Crippen LogP contribution in [0.1, 0.15) is 41.0 Å². The highest BCUT2D eigenvalue weighted by Crippen LogP contribution is 3.00. The Hall–Kier alpha value is -0.260. The van der Waals surface area contributed by atoms with Gasteiger partial charge in [0.1, 0.15) is 0 Å². The number of rotatable bonds is 2. The zero-order valence-corrected chi connectivity index (χ0v) is 10.8. The van der Waals surface area contributed by atoms with Gasteiger partial charge in [-0.25, -0.2) is 0 Å². The molecule has 3 aliphatic carbocycles. The van der Waals surface area contributed by atoms with Crippen LogP contribution in [0.3, 0.4) is 0 Å². The van der Waals surface area contributed by atoms with E-state index < -0.39 is 0 Å². The predicted molar refractivity (Wildman–Crippen MR) is 64.4 cm³/mol. The molecule has 0 amide bonds. The lowest BCUT2D eigenvalue weighted by Crippen LogP contribution is -2.30. The summed E-state index contributed by atoms with van der Waals surface area (Å²) >= 11 is 0. The van der Waals surface area contributed by atoms with Crippen LogP contribution < -0.4 is 0 Å². The zero-order valence-electron chi connectivity index (χ0n) is 10.8. The first kappa shape index (κ1) is 9.93. The zero-order chi connectivity index (χ0) is 11.2. The van der Waals surface area contributed by atoms with Crippen molar-refractivity contribution in [1.29, 1.82) is 0 Å². The van der Waals surface area contributed by atoms with Crippen LogP contribution in [0.15, 0.2) is 12.7 Å². The summed E-state index contributed by atoms with van der Waals surface area (Å²) in [4.78, 5) is 0. The first-order chi connectivity index (χ1) is 6.87. The number of hydrogen-bond acceptors (Lipinski definition) is 0. The van der Waals surface area contributed by atoms with Crippen molar-refractivity contribution in [2.75, 3.05) is 0 Å². The number of fused-ring (bicyclic) bond motifs is 1. The predicted octanol–water partition coefficient (Wildman–Crippen LogP) is 4.13. The highest BCUT2D eigenvalue weighted by molar-refractivity contribution is 5.43. The van der Waals surface area contributed by atoms with Crippen LogP contribution in [-0.2, 0) is 0 Å². The molecule has 0 N–H and O–H groups in total. The van der Waals surface area contributed by atoms with E-state index in [1.54, 1.807) is 0 Å². The second kappa shape index (κ2) is 2.21. The fourth-order valence-electron chi connectivity index (χ4n) is 6.08. The molecule has 3 fully saturated rings. The van der Waals surface area contributed by atoms with Crippen LogP contribution in [0.25, 0.3) is 0 Å². The van der Waals surface area contributed by atoms with E-state index in [0.717, 1.165) is 23.2 Å². The molecule has 7 unspecified atom stereocenters. The van der Waals surface area contributed by atoms with E-state index in [1.807, 2.05) is 0 Å². The van der Waals surface area contributed by atoms with Gasteiger partial charge in [-0.15, -0.1) is 6.58 Å². The molecule has 0 heterocycles. The summed E-state index contributed by atoms with van der Waals surface area (Å²) in [7, 11) is 0. The molecule has 3 aliphatic rings. The third kappa shape index (κ3) is 0.681. The fraction of sp³-hybridized carbons (Fsp3) is 0.867. The highest BCUT2D eigenvalue weighted by Gasteiger charge is 2.96. The average molecular weight is 204 g/mol. The maximum atomic E-state index is 4.00. The first-order valence-corrected chi connectivity index (χ1v) is 6.50. The lowest BCUT2D eigenvalue weighted by atomic mass is 9.68. The van der Waals surface area contributed by atoms with Crippen molar-refractivity contribution in [2.45, 2.75) is 41.0 Å². The van der Waals surface area contributed by atoms with Gasteiger partial charge in [0, 0.05) is 0 Å². The molecule has 0 heteroatoms. The third-order valence-corrected chi connectivity index (χ3v) is 7.10. The molecule has 0 aliphatic heterocycles. The van der Waals surface area contributed by atoms with E-state index >= 15 is 0 Å². The van der Waals surface area contributed by atoms with Crippen molar-refractivity contribution >= 4 is 0 Å². The van der Waals surface area contributed by atoms with Gasteiger partial charge in [0.25, 0.3) is 0 Å². The summed E-state index contributed by atoms with van der Waals surface area (Å²) in [6.07, 6.45) is 3.60. The molecule has 7 atom stereocenters. The Morgan fingerprint density at radius 1 is 1.33 bits per heavy atom. The average Bonchev–Trinajstić information content (AvgIpc) is 2.98. The molecule has 0 aromatic rings. The fourth-order valence-corrected chi connectivity index (χ4v) is 6.08. The lowest BCUT2D eigenvalue weighted by molar-refractivity contribution is 0.141. The molecule has 0 saturated heterocycles. The van der Waals surface area contributed by atoms with Gasteiger partial charge in [-0.05, 0) is 46.3 Å². The van der Waals surface area contributed by atoms with E-state index in [9.17, 15) is 0 Å². The third-order valence-electron chi connectivity index (χ3n) is 7.10. The second-order valence-corrected chi connectivity index (χ2v) is 7.05. The normalized spacial score (nSPS) is 66.9. The summed E-state index contributed by atoms with van der Waals surface area (Å²) in [6.45, 7) is 16.4. The molecule has 3 rings (SSSR count). The Balaban J connectivity index is 1.96. The van der Waals surface area contributed by atoms with Gasteiger partial charge in [0.2, 0.25) is 0 Å². The van der Waals surface area contributed by atoms with E-state index in [4.69, 9.17) is 0 Å². The topological polar surface area (TPSA) is 0 Å². The lowest BCUT2D eigenvalue weighted by Gasteiger charge is -2.37. The van der Waals surface area contributed by atoms with Crippen LogP contribution in [0.5, 0.6) is 0 Å². The smallest absolute Gasteiger partial charge is 0.0144 e. The van der Waals surface area contributed by atoms with Gasteiger partial charge < -0.3 is 0 Å². The summed E-state index contributed by atoms with van der Waals surface area (Å²) < 4.78 is 0. The minimum atomic E-state index is 0.512. The molecular weight excluding hydrogens is 180 g/mol. The minimum absolute atomic E-state index is 0.512. The molecule has 0 bridgehead atoms. The first-order valence-electron chi connectivity index (χ1n) is 6.50. The summed E-state index contributed by atoms with van der Waals surface area (Å²) in [6, 6.07) is 0. The molecule has 1 spiro atoms. The summed E-state index contributed by atoms with van der Waals surface area (Å²) in [5, 5.41) is 0. The van der Waals surface area contributed by atoms with E-state index in [2.05, 4.69) is 47.3 Å². The molecule has 84 valence electrons. The Labute approximate surface area is 94.1 Å². The summed E-state index contributed by atoms with van der Waals surface area (Å²) in [5.41, 5.74) is 1.97. The number of hydrogen-bond donors (Lipinski definition) is 0. The van der Waals surface area contributed by atoms with Gasteiger partial charge in [0.05, 0.1) is 0 Å². The van der Waals surface area contributed by atoms with Crippen LogP contribution in [0.2, 0.25) is 0 Å². The minimum Gasteiger partial charge on any atom is -0.103 e.